The average Bonchev–Trinajstić information content (AvgIpc) is 2.88. The number of hydrogen-bond donors (Lipinski definition) is 3. The smallest absolute Gasteiger partial charge is 0.269 e. The normalized spacial score (nSPS) is 17.2. The summed E-state index contributed by atoms with van der Waals surface area (Å²) in [4.78, 5) is 44.3. The van der Waals surface area contributed by atoms with Crippen LogP contribution in [-0.4, -0.2) is 52.8 Å². The Kier molecular flexibility index (Phi) is 9.93. The molecule has 1 fully saturated rings. The molecule has 36 heavy (non-hydrogen) atoms. The summed E-state index contributed by atoms with van der Waals surface area (Å²) in [6.45, 7) is 4.74. The summed E-state index contributed by atoms with van der Waals surface area (Å²) in [5.74, 6) is -1.53. The highest BCUT2D eigenvalue weighted by Crippen LogP contribution is 2.23. The van der Waals surface area contributed by atoms with E-state index in [1.165, 1.54) is 36.5 Å². The number of nitrogens with one attached hydrogen (secondary N) is 2. The predicted octanol–water partition coefficient (Wildman–Crippen LogP) is 3.74. The summed E-state index contributed by atoms with van der Waals surface area (Å²) >= 11 is 0. The number of halogens is 1. The largest absolute Gasteiger partial charge is 0.349 e. The van der Waals surface area contributed by atoms with E-state index in [9.17, 15) is 18.8 Å². The van der Waals surface area contributed by atoms with E-state index in [4.69, 9.17) is 5.73 Å². The molecule has 2 heterocycles. The van der Waals surface area contributed by atoms with Crippen LogP contribution in [0, 0.1) is 11.7 Å². The van der Waals surface area contributed by atoms with Gasteiger partial charge in [-0.25, -0.2) is 4.39 Å². The molecular formula is C27H36FN5O3. The molecule has 2 aromatic rings. The predicted molar refractivity (Wildman–Crippen MR) is 137 cm³/mol. The van der Waals surface area contributed by atoms with Crippen molar-refractivity contribution in [1.29, 1.82) is 0 Å². The molecule has 8 nitrogen and oxygen atoms in total. The lowest BCUT2D eigenvalue weighted by Gasteiger charge is -2.36. The summed E-state index contributed by atoms with van der Waals surface area (Å²) < 4.78 is 13.0. The number of carbonyl (C=O) groups is 3. The van der Waals surface area contributed by atoms with Gasteiger partial charge in [0.25, 0.3) is 11.8 Å². The summed E-state index contributed by atoms with van der Waals surface area (Å²) in [5, 5.41) is 5.47. The van der Waals surface area contributed by atoms with E-state index in [-0.39, 0.29) is 35.9 Å². The molecule has 0 aliphatic carbocycles. The molecule has 9 heteroatoms. The molecule has 1 aliphatic rings. The molecular weight excluding hydrogens is 461 g/mol. The Morgan fingerprint density at radius 2 is 1.94 bits per heavy atom. The van der Waals surface area contributed by atoms with Gasteiger partial charge in [0.2, 0.25) is 5.91 Å². The number of pyridine rings is 1. The van der Waals surface area contributed by atoms with Crippen molar-refractivity contribution in [2.45, 2.75) is 64.5 Å². The number of benzene rings is 1. The van der Waals surface area contributed by atoms with Crippen LogP contribution in [0.5, 0.6) is 0 Å². The Bertz CT molecular complexity index is 1040. The molecule has 4 N–H and O–H groups in total. The molecule has 0 bridgehead atoms. The van der Waals surface area contributed by atoms with Crippen LogP contribution in [0.1, 0.15) is 73.2 Å². The average molecular weight is 498 g/mol. The first kappa shape index (κ1) is 27.3. The molecule has 0 saturated carbocycles. The van der Waals surface area contributed by atoms with E-state index < -0.39 is 17.9 Å². The standard InChI is InChI=1S/C27H36FN5O3/c1-3-6-23-7-4-5-14-33(23)27(36)19-12-13-30-24(16-19)26(35)31-17-21(29)15-18(2)25(34)32-22-10-8-20(28)9-11-22/h8-13,16,18,21,23H,3-7,14-15,17,29H2,1-2H3,(H,31,35)(H,32,34). The third-order valence-electron chi connectivity index (χ3n) is 6.49. The Labute approximate surface area is 211 Å². The van der Waals surface area contributed by atoms with Gasteiger partial charge in [0.1, 0.15) is 11.5 Å². The second kappa shape index (κ2) is 13.1. The molecule has 3 atom stereocenters. The lowest BCUT2D eigenvalue weighted by atomic mass is 9.97. The number of nitrogens with zero attached hydrogens (tertiary/aromatic N) is 2. The fourth-order valence-corrected chi connectivity index (χ4v) is 4.51. The third kappa shape index (κ3) is 7.58. The van der Waals surface area contributed by atoms with Crippen LogP contribution in [0.2, 0.25) is 0 Å². The van der Waals surface area contributed by atoms with E-state index >= 15 is 0 Å². The van der Waals surface area contributed by atoms with Crippen LogP contribution >= 0.6 is 0 Å². The van der Waals surface area contributed by atoms with Gasteiger partial charge in [0.05, 0.1) is 0 Å². The first-order valence-electron chi connectivity index (χ1n) is 12.7. The van der Waals surface area contributed by atoms with Gasteiger partial charge in [-0.3, -0.25) is 19.4 Å². The van der Waals surface area contributed by atoms with Crippen molar-refractivity contribution in [2.24, 2.45) is 11.7 Å². The van der Waals surface area contributed by atoms with Crippen molar-refractivity contribution in [3.05, 3.63) is 59.7 Å². The zero-order chi connectivity index (χ0) is 26.1. The Morgan fingerprint density at radius 3 is 2.67 bits per heavy atom. The number of rotatable bonds is 10. The highest BCUT2D eigenvalue weighted by molar-refractivity contribution is 5.98. The number of likely N-dealkylation sites (tertiary alicyclic amines) is 1. The van der Waals surface area contributed by atoms with Gasteiger partial charge in [-0.2, -0.15) is 0 Å². The summed E-state index contributed by atoms with van der Waals surface area (Å²) in [7, 11) is 0. The molecule has 0 spiro atoms. The van der Waals surface area contributed by atoms with Gasteiger partial charge < -0.3 is 21.3 Å². The molecule has 1 aromatic heterocycles. The molecule has 194 valence electrons. The molecule has 0 radical (unpaired) electrons. The van der Waals surface area contributed by atoms with Crippen LogP contribution in [-0.2, 0) is 4.79 Å². The van der Waals surface area contributed by atoms with Gasteiger partial charge in [0, 0.05) is 48.5 Å². The number of hydrogen-bond acceptors (Lipinski definition) is 5. The number of piperidine rings is 1. The van der Waals surface area contributed by atoms with Crippen LogP contribution in [0.3, 0.4) is 0 Å². The lowest BCUT2D eigenvalue weighted by molar-refractivity contribution is -0.119. The summed E-state index contributed by atoms with van der Waals surface area (Å²) in [6, 6.07) is 8.46. The molecule has 3 amide bonds. The maximum absolute atomic E-state index is 13.1. The Morgan fingerprint density at radius 1 is 1.19 bits per heavy atom. The second-order valence-electron chi connectivity index (χ2n) is 9.47. The molecule has 1 aromatic carbocycles. The minimum atomic E-state index is -0.462. The van der Waals surface area contributed by atoms with Crippen LogP contribution < -0.4 is 16.4 Å². The van der Waals surface area contributed by atoms with Crippen molar-refractivity contribution >= 4 is 23.4 Å². The minimum absolute atomic E-state index is 0.0673. The fraction of sp³-hybridized carbons (Fsp3) is 0.481. The summed E-state index contributed by atoms with van der Waals surface area (Å²) in [5.41, 5.74) is 7.25. The van der Waals surface area contributed by atoms with E-state index in [2.05, 4.69) is 22.5 Å². The second-order valence-corrected chi connectivity index (χ2v) is 9.47. The quantitative estimate of drug-likeness (QED) is 0.462. The molecule has 3 rings (SSSR count). The minimum Gasteiger partial charge on any atom is -0.349 e. The SMILES string of the molecule is CCCC1CCCCN1C(=O)c1ccnc(C(=O)NCC(N)CC(C)C(=O)Nc2ccc(F)cc2)c1. The molecule has 1 saturated heterocycles. The van der Waals surface area contributed by atoms with Gasteiger partial charge >= 0.3 is 0 Å². The third-order valence-corrected chi connectivity index (χ3v) is 6.49. The molecule has 3 unspecified atom stereocenters. The monoisotopic (exact) mass is 497 g/mol. The first-order chi connectivity index (χ1) is 17.3. The Balaban J connectivity index is 1.51. The van der Waals surface area contributed by atoms with Crippen LogP contribution in [0.15, 0.2) is 42.6 Å². The number of anilines is 1. The number of carbonyl (C=O) groups excluding carboxylic acids is 3. The van der Waals surface area contributed by atoms with Crippen molar-refractivity contribution in [1.82, 2.24) is 15.2 Å². The highest BCUT2D eigenvalue weighted by atomic mass is 19.1. The maximum atomic E-state index is 13.1. The van der Waals surface area contributed by atoms with E-state index in [0.717, 1.165) is 38.6 Å². The van der Waals surface area contributed by atoms with E-state index in [1.54, 1.807) is 13.0 Å². The van der Waals surface area contributed by atoms with Crippen LogP contribution in [0.25, 0.3) is 0 Å². The van der Waals surface area contributed by atoms with E-state index in [0.29, 0.717) is 17.7 Å². The zero-order valence-corrected chi connectivity index (χ0v) is 21.0. The van der Waals surface area contributed by atoms with Gasteiger partial charge in [-0.05, 0) is 68.5 Å². The zero-order valence-electron chi connectivity index (χ0n) is 21.0. The number of aromatic nitrogens is 1. The molecule has 1 aliphatic heterocycles. The van der Waals surface area contributed by atoms with Crippen molar-refractivity contribution in [3.63, 3.8) is 0 Å². The van der Waals surface area contributed by atoms with Crippen molar-refractivity contribution < 1.29 is 18.8 Å². The lowest BCUT2D eigenvalue weighted by Crippen LogP contribution is -2.43. The number of nitrogens with two attached hydrogens (primary N) is 1. The topological polar surface area (TPSA) is 117 Å². The number of amides is 3. The van der Waals surface area contributed by atoms with Gasteiger partial charge in [-0.1, -0.05) is 20.3 Å². The van der Waals surface area contributed by atoms with Gasteiger partial charge in [0.15, 0.2) is 0 Å². The van der Waals surface area contributed by atoms with Gasteiger partial charge in [-0.15, -0.1) is 0 Å². The maximum Gasteiger partial charge on any atom is 0.269 e. The first-order valence-corrected chi connectivity index (χ1v) is 12.7. The fourth-order valence-electron chi connectivity index (χ4n) is 4.51. The van der Waals surface area contributed by atoms with Crippen molar-refractivity contribution in [2.75, 3.05) is 18.4 Å². The summed E-state index contributed by atoms with van der Waals surface area (Å²) in [6.07, 6.45) is 6.94. The van der Waals surface area contributed by atoms with Crippen molar-refractivity contribution in [3.8, 4) is 0 Å². The highest BCUT2D eigenvalue weighted by Gasteiger charge is 2.27. The Hall–Kier alpha value is -3.33. The van der Waals surface area contributed by atoms with Crippen LogP contribution in [0.4, 0.5) is 10.1 Å². The van der Waals surface area contributed by atoms with E-state index in [1.807, 2.05) is 4.90 Å².